The first-order valence-electron chi connectivity index (χ1n) is 5.09. The second-order valence-electron chi connectivity index (χ2n) is 3.80. The number of carbonyl (C=O) groups excluding carboxylic acids is 1. The summed E-state index contributed by atoms with van der Waals surface area (Å²) in [4.78, 5) is 13.5. The third-order valence-electron chi connectivity index (χ3n) is 2.95. The largest absolute Gasteiger partial charge is 0.383 e. The number of fused-ring (bicyclic) bond motifs is 1. The van der Waals surface area contributed by atoms with E-state index >= 15 is 0 Å². The SMILES string of the molecule is COCCN1C(=O)N[C@H]2CNCC[C@H]21. The number of nitrogens with one attached hydrogen (secondary N) is 2. The second-order valence-corrected chi connectivity index (χ2v) is 3.80. The lowest BCUT2D eigenvalue weighted by Crippen LogP contribution is -2.49. The Morgan fingerprint density at radius 3 is 3.29 bits per heavy atom. The summed E-state index contributed by atoms with van der Waals surface area (Å²) in [6.45, 7) is 3.20. The fourth-order valence-corrected chi connectivity index (χ4v) is 2.21. The molecule has 0 aromatic rings. The Labute approximate surface area is 83.8 Å². The first-order valence-corrected chi connectivity index (χ1v) is 5.09. The number of carbonyl (C=O) groups is 1. The maximum Gasteiger partial charge on any atom is 0.318 e. The van der Waals surface area contributed by atoms with Crippen LogP contribution in [-0.2, 0) is 4.74 Å². The van der Waals surface area contributed by atoms with Crippen LogP contribution in [0.15, 0.2) is 0 Å². The monoisotopic (exact) mass is 199 g/mol. The number of urea groups is 1. The highest BCUT2D eigenvalue weighted by atomic mass is 16.5. The summed E-state index contributed by atoms with van der Waals surface area (Å²) < 4.78 is 4.99. The summed E-state index contributed by atoms with van der Waals surface area (Å²) in [6, 6.07) is 0.702. The van der Waals surface area contributed by atoms with Gasteiger partial charge in [0.1, 0.15) is 0 Å². The minimum atomic E-state index is 0.0563. The molecule has 14 heavy (non-hydrogen) atoms. The summed E-state index contributed by atoms with van der Waals surface area (Å²) in [6.07, 6.45) is 1.03. The van der Waals surface area contributed by atoms with E-state index in [-0.39, 0.29) is 12.1 Å². The predicted molar refractivity (Wildman–Crippen MR) is 52.2 cm³/mol. The highest BCUT2D eigenvalue weighted by molar-refractivity contribution is 5.77. The highest BCUT2D eigenvalue weighted by Gasteiger charge is 2.39. The molecule has 2 saturated heterocycles. The van der Waals surface area contributed by atoms with Crippen LogP contribution in [0.5, 0.6) is 0 Å². The number of rotatable bonds is 3. The van der Waals surface area contributed by atoms with Gasteiger partial charge in [0.2, 0.25) is 0 Å². The molecule has 80 valence electrons. The molecule has 2 amide bonds. The summed E-state index contributed by atoms with van der Waals surface area (Å²) >= 11 is 0. The molecule has 0 aromatic heterocycles. The first-order chi connectivity index (χ1) is 6.83. The number of hydrogen-bond acceptors (Lipinski definition) is 3. The molecule has 2 fully saturated rings. The van der Waals surface area contributed by atoms with Crippen LogP contribution in [0.2, 0.25) is 0 Å². The van der Waals surface area contributed by atoms with Crippen molar-refractivity contribution in [3.05, 3.63) is 0 Å². The maximum absolute atomic E-state index is 11.6. The van der Waals surface area contributed by atoms with E-state index in [9.17, 15) is 4.79 Å². The van der Waals surface area contributed by atoms with Gasteiger partial charge < -0.3 is 20.3 Å². The van der Waals surface area contributed by atoms with Crippen LogP contribution in [0.1, 0.15) is 6.42 Å². The van der Waals surface area contributed by atoms with Crippen molar-refractivity contribution < 1.29 is 9.53 Å². The molecule has 0 saturated carbocycles. The summed E-state index contributed by atoms with van der Waals surface area (Å²) in [7, 11) is 1.66. The summed E-state index contributed by atoms with van der Waals surface area (Å²) in [5.74, 6) is 0. The van der Waals surface area contributed by atoms with Crippen molar-refractivity contribution in [3.63, 3.8) is 0 Å². The number of piperidine rings is 1. The Morgan fingerprint density at radius 1 is 1.64 bits per heavy atom. The standard InChI is InChI=1S/C9H17N3O2/c1-14-5-4-12-8-2-3-10-6-7(8)11-9(12)13/h7-8,10H,2-6H2,1H3,(H,11,13)/t7-,8+/m0/s1. The van der Waals surface area contributed by atoms with Gasteiger partial charge in [-0.1, -0.05) is 0 Å². The van der Waals surface area contributed by atoms with E-state index in [0.29, 0.717) is 19.2 Å². The fraction of sp³-hybridized carbons (Fsp3) is 0.889. The minimum absolute atomic E-state index is 0.0563. The number of nitrogens with zero attached hydrogens (tertiary/aromatic N) is 1. The van der Waals surface area contributed by atoms with E-state index in [2.05, 4.69) is 10.6 Å². The molecule has 2 atom stereocenters. The minimum Gasteiger partial charge on any atom is -0.383 e. The molecule has 2 aliphatic heterocycles. The van der Waals surface area contributed by atoms with Crippen LogP contribution in [-0.4, -0.2) is 56.4 Å². The average Bonchev–Trinajstić information content (AvgIpc) is 2.51. The third kappa shape index (κ3) is 1.69. The van der Waals surface area contributed by atoms with E-state index in [1.807, 2.05) is 4.90 Å². The predicted octanol–water partition coefficient (Wildman–Crippen LogP) is -0.611. The van der Waals surface area contributed by atoms with E-state index in [0.717, 1.165) is 19.5 Å². The Bertz CT molecular complexity index is 222. The van der Waals surface area contributed by atoms with Gasteiger partial charge in [-0.2, -0.15) is 0 Å². The van der Waals surface area contributed by atoms with Crippen molar-refractivity contribution in [1.29, 1.82) is 0 Å². The topological polar surface area (TPSA) is 53.6 Å². The van der Waals surface area contributed by atoms with Gasteiger partial charge in [0, 0.05) is 20.2 Å². The molecule has 0 unspecified atom stereocenters. The van der Waals surface area contributed by atoms with Crippen LogP contribution >= 0.6 is 0 Å². The molecule has 2 aliphatic rings. The third-order valence-corrected chi connectivity index (χ3v) is 2.95. The number of ether oxygens (including phenoxy) is 1. The van der Waals surface area contributed by atoms with Crippen LogP contribution in [0.3, 0.4) is 0 Å². The van der Waals surface area contributed by atoms with Crippen molar-refractivity contribution in [1.82, 2.24) is 15.5 Å². The highest BCUT2D eigenvalue weighted by Crippen LogP contribution is 2.18. The van der Waals surface area contributed by atoms with Crippen molar-refractivity contribution in [2.24, 2.45) is 0 Å². The van der Waals surface area contributed by atoms with Gasteiger partial charge >= 0.3 is 6.03 Å². The Morgan fingerprint density at radius 2 is 2.50 bits per heavy atom. The van der Waals surface area contributed by atoms with Crippen molar-refractivity contribution in [2.45, 2.75) is 18.5 Å². The second kappa shape index (κ2) is 4.14. The molecule has 0 radical (unpaired) electrons. The van der Waals surface area contributed by atoms with Gasteiger partial charge in [0.15, 0.2) is 0 Å². The molecule has 0 bridgehead atoms. The summed E-state index contributed by atoms with van der Waals surface area (Å²) in [5.41, 5.74) is 0. The number of methoxy groups -OCH3 is 1. The van der Waals surface area contributed by atoms with Crippen molar-refractivity contribution in [2.75, 3.05) is 33.4 Å². The molecule has 2 heterocycles. The zero-order valence-corrected chi connectivity index (χ0v) is 8.45. The van der Waals surface area contributed by atoms with Gasteiger partial charge in [-0.05, 0) is 13.0 Å². The zero-order valence-electron chi connectivity index (χ0n) is 8.45. The van der Waals surface area contributed by atoms with E-state index < -0.39 is 0 Å². The Hall–Kier alpha value is -0.810. The van der Waals surface area contributed by atoms with Gasteiger partial charge in [0.05, 0.1) is 18.7 Å². The molecule has 5 nitrogen and oxygen atoms in total. The van der Waals surface area contributed by atoms with Gasteiger partial charge in [-0.15, -0.1) is 0 Å². The summed E-state index contributed by atoms with van der Waals surface area (Å²) in [5, 5.41) is 6.26. The van der Waals surface area contributed by atoms with E-state index in [1.54, 1.807) is 7.11 Å². The molecule has 0 aromatic carbocycles. The maximum atomic E-state index is 11.6. The fourth-order valence-electron chi connectivity index (χ4n) is 2.21. The lowest BCUT2D eigenvalue weighted by atomic mass is 10.0. The normalized spacial score (nSPS) is 31.5. The van der Waals surface area contributed by atoms with Gasteiger partial charge in [0.25, 0.3) is 0 Å². The van der Waals surface area contributed by atoms with Crippen LogP contribution in [0, 0.1) is 0 Å². The Kier molecular flexibility index (Phi) is 2.88. The first kappa shape index (κ1) is 9.73. The molecule has 0 aliphatic carbocycles. The molecular weight excluding hydrogens is 182 g/mol. The molecule has 2 rings (SSSR count). The van der Waals surface area contributed by atoms with E-state index in [1.165, 1.54) is 0 Å². The Balaban J connectivity index is 1.96. The number of amides is 2. The van der Waals surface area contributed by atoms with E-state index in [4.69, 9.17) is 4.74 Å². The average molecular weight is 199 g/mol. The molecule has 2 N–H and O–H groups in total. The molecular formula is C9H17N3O2. The van der Waals surface area contributed by atoms with Crippen molar-refractivity contribution >= 4 is 6.03 Å². The zero-order chi connectivity index (χ0) is 9.97. The quantitative estimate of drug-likeness (QED) is 0.637. The number of hydrogen-bond donors (Lipinski definition) is 2. The van der Waals surface area contributed by atoms with Gasteiger partial charge in [-0.25, -0.2) is 4.79 Å². The van der Waals surface area contributed by atoms with Crippen LogP contribution in [0.25, 0.3) is 0 Å². The molecule has 0 spiro atoms. The van der Waals surface area contributed by atoms with Gasteiger partial charge in [-0.3, -0.25) is 0 Å². The lowest BCUT2D eigenvalue weighted by molar-refractivity contribution is 0.138. The smallest absolute Gasteiger partial charge is 0.318 e. The lowest BCUT2D eigenvalue weighted by Gasteiger charge is -2.30. The van der Waals surface area contributed by atoms with Crippen molar-refractivity contribution in [3.8, 4) is 0 Å². The van der Waals surface area contributed by atoms with Crippen LogP contribution in [0.4, 0.5) is 4.79 Å². The molecule has 5 heteroatoms. The van der Waals surface area contributed by atoms with Crippen LogP contribution < -0.4 is 10.6 Å².